The van der Waals surface area contributed by atoms with Crippen LogP contribution >= 0.6 is 0 Å². The van der Waals surface area contributed by atoms with Crippen molar-refractivity contribution >= 4 is 11.8 Å². The van der Waals surface area contributed by atoms with Crippen LogP contribution in [0.15, 0.2) is 42.5 Å². The summed E-state index contributed by atoms with van der Waals surface area (Å²) in [6.07, 6.45) is 1.19. The standard InChI is InChI=1S/C23H28N2O4/c1-17(26)24(15-18-8-9-21(28-2)22(14-18)29-3)13-11-23(27)25-12-10-19-6-4-5-7-20(19)16-25/h4-9,14H,10-13,15-16H2,1-3H3. The van der Waals surface area contributed by atoms with Gasteiger partial charge in [0.05, 0.1) is 14.2 Å². The number of methoxy groups -OCH3 is 2. The van der Waals surface area contributed by atoms with E-state index in [0.29, 0.717) is 37.6 Å². The van der Waals surface area contributed by atoms with Crippen LogP contribution in [0.5, 0.6) is 11.5 Å². The van der Waals surface area contributed by atoms with Crippen LogP contribution < -0.4 is 9.47 Å². The highest BCUT2D eigenvalue weighted by atomic mass is 16.5. The molecule has 0 fully saturated rings. The summed E-state index contributed by atoms with van der Waals surface area (Å²) in [5.41, 5.74) is 3.45. The second kappa shape index (κ2) is 9.45. The Bertz CT molecular complexity index is 881. The van der Waals surface area contributed by atoms with Crippen molar-refractivity contribution in [3.05, 3.63) is 59.2 Å². The number of amides is 2. The lowest BCUT2D eigenvalue weighted by atomic mass is 10.00. The molecule has 0 aliphatic carbocycles. The number of nitrogens with zero attached hydrogens (tertiary/aromatic N) is 2. The highest BCUT2D eigenvalue weighted by Crippen LogP contribution is 2.28. The molecule has 1 aliphatic heterocycles. The molecule has 0 aromatic heterocycles. The molecule has 0 spiro atoms. The predicted molar refractivity (Wildman–Crippen MR) is 111 cm³/mol. The van der Waals surface area contributed by atoms with Crippen LogP contribution in [0.4, 0.5) is 0 Å². The fourth-order valence-corrected chi connectivity index (χ4v) is 3.64. The largest absolute Gasteiger partial charge is 0.493 e. The van der Waals surface area contributed by atoms with Crippen molar-refractivity contribution in [3.8, 4) is 11.5 Å². The molecule has 0 N–H and O–H groups in total. The van der Waals surface area contributed by atoms with Crippen molar-refractivity contribution in [1.29, 1.82) is 0 Å². The third-order valence-corrected chi connectivity index (χ3v) is 5.35. The van der Waals surface area contributed by atoms with E-state index in [0.717, 1.165) is 18.5 Å². The van der Waals surface area contributed by atoms with Crippen molar-refractivity contribution in [2.24, 2.45) is 0 Å². The minimum Gasteiger partial charge on any atom is -0.493 e. The normalized spacial score (nSPS) is 12.9. The molecule has 2 amide bonds. The summed E-state index contributed by atoms with van der Waals surface area (Å²) in [5, 5.41) is 0. The van der Waals surface area contributed by atoms with Gasteiger partial charge in [-0.1, -0.05) is 30.3 Å². The Morgan fingerprint density at radius 3 is 2.45 bits per heavy atom. The van der Waals surface area contributed by atoms with E-state index in [9.17, 15) is 9.59 Å². The molecule has 1 aliphatic rings. The molecular weight excluding hydrogens is 368 g/mol. The first-order valence-electron chi connectivity index (χ1n) is 9.82. The van der Waals surface area contributed by atoms with Gasteiger partial charge in [-0.25, -0.2) is 0 Å². The van der Waals surface area contributed by atoms with Gasteiger partial charge in [0, 0.05) is 39.5 Å². The first-order chi connectivity index (χ1) is 14.0. The number of hydrogen-bond acceptors (Lipinski definition) is 4. The van der Waals surface area contributed by atoms with Crippen molar-refractivity contribution in [3.63, 3.8) is 0 Å². The first kappa shape index (κ1) is 20.7. The van der Waals surface area contributed by atoms with Crippen LogP contribution in [0.3, 0.4) is 0 Å². The van der Waals surface area contributed by atoms with Gasteiger partial charge in [-0.05, 0) is 35.2 Å². The van der Waals surface area contributed by atoms with Crippen molar-refractivity contribution < 1.29 is 19.1 Å². The van der Waals surface area contributed by atoms with Gasteiger partial charge in [-0.2, -0.15) is 0 Å². The van der Waals surface area contributed by atoms with Crippen molar-refractivity contribution in [2.75, 3.05) is 27.3 Å². The number of carbonyl (C=O) groups is 2. The lowest BCUT2D eigenvalue weighted by Gasteiger charge is -2.30. The smallest absolute Gasteiger partial charge is 0.224 e. The summed E-state index contributed by atoms with van der Waals surface area (Å²) in [6, 6.07) is 13.8. The second-order valence-corrected chi connectivity index (χ2v) is 7.21. The maximum absolute atomic E-state index is 12.7. The summed E-state index contributed by atoms with van der Waals surface area (Å²) >= 11 is 0. The first-order valence-corrected chi connectivity index (χ1v) is 9.82. The number of ether oxygens (including phenoxy) is 2. The van der Waals surface area contributed by atoms with E-state index in [2.05, 4.69) is 12.1 Å². The third-order valence-electron chi connectivity index (χ3n) is 5.35. The van der Waals surface area contributed by atoms with Crippen molar-refractivity contribution in [2.45, 2.75) is 32.9 Å². The SMILES string of the molecule is COc1ccc(CN(CCC(=O)N2CCc3ccccc3C2)C(C)=O)cc1OC. The summed E-state index contributed by atoms with van der Waals surface area (Å²) in [6.45, 7) is 3.71. The van der Waals surface area contributed by atoms with Crippen LogP contribution in [-0.4, -0.2) is 48.9 Å². The van der Waals surface area contributed by atoms with E-state index in [1.165, 1.54) is 18.1 Å². The molecule has 0 radical (unpaired) electrons. The van der Waals surface area contributed by atoms with E-state index in [1.807, 2.05) is 35.2 Å². The number of benzene rings is 2. The average molecular weight is 396 g/mol. The zero-order valence-electron chi connectivity index (χ0n) is 17.3. The van der Waals surface area contributed by atoms with E-state index in [1.54, 1.807) is 19.1 Å². The molecule has 0 bridgehead atoms. The average Bonchev–Trinajstić information content (AvgIpc) is 2.75. The summed E-state index contributed by atoms with van der Waals surface area (Å²) in [7, 11) is 3.17. The van der Waals surface area contributed by atoms with Gasteiger partial charge in [0.15, 0.2) is 11.5 Å². The fraction of sp³-hybridized carbons (Fsp3) is 0.391. The van der Waals surface area contributed by atoms with Gasteiger partial charge in [-0.3, -0.25) is 9.59 Å². The molecule has 6 heteroatoms. The minimum absolute atomic E-state index is 0.0587. The van der Waals surface area contributed by atoms with Gasteiger partial charge in [-0.15, -0.1) is 0 Å². The molecular formula is C23H28N2O4. The molecule has 154 valence electrons. The molecule has 0 saturated heterocycles. The van der Waals surface area contributed by atoms with E-state index in [-0.39, 0.29) is 11.8 Å². The maximum atomic E-state index is 12.7. The van der Waals surface area contributed by atoms with Gasteiger partial charge >= 0.3 is 0 Å². The Morgan fingerprint density at radius 1 is 1.03 bits per heavy atom. The minimum atomic E-state index is -0.0587. The molecule has 1 heterocycles. The van der Waals surface area contributed by atoms with Gasteiger partial charge < -0.3 is 19.3 Å². The number of fused-ring (bicyclic) bond motifs is 1. The van der Waals surface area contributed by atoms with Crippen LogP contribution in [0.2, 0.25) is 0 Å². The van der Waals surface area contributed by atoms with Crippen LogP contribution in [0.1, 0.15) is 30.0 Å². The second-order valence-electron chi connectivity index (χ2n) is 7.21. The lowest BCUT2D eigenvalue weighted by molar-refractivity contribution is -0.134. The maximum Gasteiger partial charge on any atom is 0.224 e. The van der Waals surface area contributed by atoms with Gasteiger partial charge in [0.2, 0.25) is 11.8 Å². The van der Waals surface area contributed by atoms with Crippen molar-refractivity contribution in [1.82, 2.24) is 9.80 Å². The Hall–Kier alpha value is -3.02. The molecule has 29 heavy (non-hydrogen) atoms. The van der Waals surface area contributed by atoms with Crippen LogP contribution in [-0.2, 0) is 29.1 Å². The molecule has 2 aromatic rings. The zero-order valence-corrected chi connectivity index (χ0v) is 17.3. The molecule has 2 aromatic carbocycles. The number of carbonyl (C=O) groups excluding carboxylic acids is 2. The molecule has 0 saturated carbocycles. The van der Waals surface area contributed by atoms with Crippen LogP contribution in [0, 0.1) is 0 Å². The summed E-state index contributed by atoms with van der Waals surface area (Å²) in [4.78, 5) is 28.4. The summed E-state index contributed by atoms with van der Waals surface area (Å²) < 4.78 is 10.6. The summed E-state index contributed by atoms with van der Waals surface area (Å²) in [5.74, 6) is 1.29. The van der Waals surface area contributed by atoms with Gasteiger partial charge in [0.1, 0.15) is 0 Å². The Kier molecular flexibility index (Phi) is 6.75. The quantitative estimate of drug-likeness (QED) is 0.722. The van der Waals surface area contributed by atoms with E-state index < -0.39 is 0 Å². The Balaban J connectivity index is 1.60. The highest BCUT2D eigenvalue weighted by molar-refractivity contribution is 5.78. The fourth-order valence-electron chi connectivity index (χ4n) is 3.64. The molecule has 6 nitrogen and oxygen atoms in total. The Morgan fingerprint density at radius 2 is 1.76 bits per heavy atom. The van der Waals surface area contributed by atoms with E-state index in [4.69, 9.17) is 9.47 Å². The zero-order chi connectivity index (χ0) is 20.8. The van der Waals surface area contributed by atoms with Gasteiger partial charge in [0.25, 0.3) is 0 Å². The molecule has 3 rings (SSSR count). The highest BCUT2D eigenvalue weighted by Gasteiger charge is 2.21. The van der Waals surface area contributed by atoms with Crippen LogP contribution in [0.25, 0.3) is 0 Å². The lowest BCUT2D eigenvalue weighted by Crippen LogP contribution is -2.38. The monoisotopic (exact) mass is 396 g/mol. The predicted octanol–water partition coefficient (Wildman–Crippen LogP) is 3.03. The molecule has 0 atom stereocenters. The Labute approximate surface area is 172 Å². The topological polar surface area (TPSA) is 59.1 Å². The number of rotatable bonds is 7. The third kappa shape index (κ3) is 5.08. The van der Waals surface area contributed by atoms with E-state index >= 15 is 0 Å². The molecule has 0 unspecified atom stereocenters. The number of hydrogen-bond donors (Lipinski definition) is 0.